The van der Waals surface area contributed by atoms with Crippen molar-refractivity contribution in [1.82, 2.24) is 0 Å². The summed E-state index contributed by atoms with van der Waals surface area (Å²) in [4.78, 5) is 12.1. The zero-order valence-corrected chi connectivity index (χ0v) is 13.9. The minimum Gasteiger partial charge on any atom is -0.396 e. The van der Waals surface area contributed by atoms with Crippen LogP contribution in [0.2, 0.25) is 10.0 Å². The Bertz CT molecular complexity index is 511. The van der Waals surface area contributed by atoms with E-state index >= 15 is 0 Å². The molecule has 1 amide bonds. The van der Waals surface area contributed by atoms with Gasteiger partial charge in [0.2, 0.25) is 0 Å². The van der Waals surface area contributed by atoms with E-state index in [1.54, 1.807) is 19.1 Å². The number of nitrogen functional groups attached to an aromatic ring is 1. The Balaban J connectivity index is 1.85. The molecule has 1 aliphatic heterocycles. The molecule has 2 atom stereocenters. The van der Waals surface area contributed by atoms with Gasteiger partial charge in [0.25, 0.3) is 5.91 Å². The van der Waals surface area contributed by atoms with Gasteiger partial charge in [-0.2, -0.15) is 0 Å². The van der Waals surface area contributed by atoms with E-state index in [1.807, 2.05) is 0 Å². The van der Waals surface area contributed by atoms with Crippen LogP contribution in [0.25, 0.3) is 0 Å². The van der Waals surface area contributed by atoms with Crippen molar-refractivity contribution in [3.8, 4) is 0 Å². The number of halogens is 2. The van der Waals surface area contributed by atoms with Gasteiger partial charge in [-0.25, -0.2) is 0 Å². The number of rotatable bonds is 5. The second-order valence-corrected chi connectivity index (χ2v) is 6.12. The molecule has 1 aromatic rings. The molecule has 0 bridgehead atoms. The van der Waals surface area contributed by atoms with Gasteiger partial charge in [0.1, 0.15) is 6.10 Å². The normalized spacial score (nSPS) is 19.7. The second kappa shape index (κ2) is 8.02. The molecule has 1 fully saturated rings. The summed E-state index contributed by atoms with van der Waals surface area (Å²) in [5.74, 6) is -0.271. The van der Waals surface area contributed by atoms with Gasteiger partial charge < -0.3 is 20.5 Å². The molecule has 0 spiro atoms. The van der Waals surface area contributed by atoms with Crippen LogP contribution in [-0.4, -0.2) is 31.3 Å². The van der Waals surface area contributed by atoms with Crippen LogP contribution in [0.15, 0.2) is 12.1 Å². The van der Waals surface area contributed by atoms with Crippen molar-refractivity contribution in [1.29, 1.82) is 0 Å². The third-order valence-electron chi connectivity index (χ3n) is 3.52. The van der Waals surface area contributed by atoms with Crippen molar-refractivity contribution in [2.24, 2.45) is 0 Å². The minimum absolute atomic E-state index is 0.0735. The molecule has 0 saturated carbocycles. The molecule has 0 radical (unpaired) electrons. The number of nitrogens with two attached hydrogens (primary N) is 1. The van der Waals surface area contributed by atoms with Crippen molar-refractivity contribution in [2.45, 2.75) is 38.4 Å². The highest BCUT2D eigenvalue weighted by Crippen LogP contribution is 2.31. The number of ether oxygens (including phenoxy) is 2. The Morgan fingerprint density at radius 2 is 2.14 bits per heavy atom. The number of amides is 1. The highest BCUT2D eigenvalue weighted by molar-refractivity contribution is 6.39. The van der Waals surface area contributed by atoms with Crippen LogP contribution in [0.1, 0.15) is 26.2 Å². The zero-order valence-electron chi connectivity index (χ0n) is 12.4. The molecule has 2 rings (SSSR count). The highest BCUT2D eigenvalue weighted by Gasteiger charge is 2.19. The summed E-state index contributed by atoms with van der Waals surface area (Å²) >= 11 is 11.9. The van der Waals surface area contributed by atoms with E-state index in [-0.39, 0.29) is 12.0 Å². The summed E-state index contributed by atoms with van der Waals surface area (Å²) in [5, 5.41) is 3.31. The number of anilines is 2. The number of carbonyl (C=O) groups is 1. The summed E-state index contributed by atoms with van der Waals surface area (Å²) in [6.07, 6.45) is 2.67. The van der Waals surface area contributed by atoms with E-state index in [0.29, 0.717) is 28.0 Å². The number of hydrogen-bond donors (Lipinski definition) is 2. The Kier molecular flexibility index (Phi) is 6.32. The summed E-state index contributed by atoms with van der Waals surface area (Å²) < 4.78 is 11.1. The molecule has 7 heteroatoms. The lowest BCUT2D eigenvalue weighted by molar-refractivity contribution is -0.130. The van der Waals surface area contributed by atoms with E-state index in [2.05, 4.69) is 5.32 Å². The van der Waals surface area contributed by atoms with Crippen molar-refractivity contribution < 1.29 is 14.3 Å². The molecule has 1 heterocycles. The maximum Gasteiger partial charge on any atom is 0.253 e. The molecule has 5 nitrogen and oxygen atoms in total. The lowest BCUT2D eigenvalue weighted by atomic mass is 10.1. The molecular weight excluding hydrogens is 327 g/mol. The second-order valence-electron chi connectivity index (χ2n) is 5.31. The van der Waals surface area contributed by atoms with Gasteiger partial charge in [-0.05, 0) is 38.3 Å². The van der Waals surface area contributed by atoms with Crippen molar-refractivity contribution >= 4 is 40.5 Å². The molecule has 0 aromatic heterocycles. The molecule has 22 heavy (non-hydrogen) atoms. The summed E-state index contributed by atoms with van der Waals surface area (Å²) in [6, 6.07) is 3.11. The predicted molar refractivity (Wildman–Crippen MR) is 88.5 cm³/mol. The summed E-state index contributed by atoms with van der Waals surface area (Å²) in [7, 11) is 0. The fraction of sp³-hybridized carbons (Fsp3) is 0.533. The molecule has 1 aliphatic rings. The fourth-order valence-electron chi connectivity index (χ4n) is 2.17. The topological polar surface area (TPSA) is 73.6 Å². The third-order valence-corrected chi connectivity index (χ3v) is 4.15. The quantitative estimate of drug-likeness (QED) is 0.800. The van der Waals surface area contributed by atoms with Crippen LogP contribution < -0.4 is 11.1 Å². The van der Waals surface area contributed by atoms with E-state index in [1.165, 1.54) is 0 Å². The molecular formula is C15H20Cl2N2O3. The average Bonchev–Trinajstić information content (AvgIpc) is 2.51. The van der Waals surface area contributed by atoms with Crippen LogP contribution in [-0.2, 0) is 14.3 Å². The maximum absolute atomic E-state index is 12.1. The first-order chi connectivity index (χ1) is 10.5. The number of benzene rings is 1. The Hall–Kier alpha value is -1.01. The molecule has 0 unspecified atom stereocenters. The Morgan fingerprint density at radius 3 is 2.73 bits per heavy atom. The van der Waals surface area contributed by atoms with Crippen molar-refractivity contribution in [3.05, 3.63) is 22.2 Å². The van der Waals surface area contributed by atoms with Crippen LogP contribution >= 0.6 is 23.2 Å². The van der Waals surface area contributed by atoms with E-state index < -0.39 is 6.10 Å². The third kappa shape index (κ3) is 4.74. The van der Waals surface area contributed by atoms with Gasteiger partial charge in [0, 0.05) is 12.3 Å². The Morgan fingerprint density at radius 1 is 1.45 bits per heavy atom. The molecule has 1 saturated heterocycles. The summed E-state index contributed by atoms with van der Waals surface area (Å²) in [5.41, 5.74) is 6.43. The van der Waals surface area contributed by atoms with Crippen molar-refractivity contribution in [2.75, 3.05) is 24.3 Å². The average molecular weight is 347 g/mol. The van der Waals surface area contributed by atoms with E-state index in [4.69, 9.17) is 38.4 Å². The molecule has 122 valence electrons. The SMILES string of the molecule is C[C@@H](OC[C@H]1CCCCO1)C(=O)Nc1cc(Cl)c(N)c(Cl)c1. The molecule has 1 aromatic carbocycles. The predicted octanol–water partition coefficient (Wildman–Crippen LogP) is 3.49. The fourth-order valence-corrected chi connectivity index (χ4v) is 2.65. The first-order valence-corrected chi connectivity index (χ1v) is 8.01. The lowest BCUT2D eigenvalue weighted by Crippen LogP contribution is -2.32. The van der Waals surface area contributed by atoms with Gasteiger partial charge in [-0.15, -0.1) is 0 Å². The van der Waals surface area contributed by atoms with Gasteiger partial charge in [0.05, 0.1) is 28.4 Å². The maximum atomic E-state index is 12.1. The van der Waals surface area contributed by atoms with E-state index in [9.17, 15) is 4.79 Å². The lowest BCUT2D eigenvalue weighted by Gasteiger charge is -2.24. The monoisotopic (exact) mass is 346 g/mol. The van der Waals surface area contributed by atoms with Crippen LogP contribution in [0.3, 0.4) is 0 Å². The largest absolute Gasteiger partial charge is 0.396 e. The number of carbonyl (C=O) groups excluding carboxylic acids is 1. The zero-order chi connectivity index (χ0) is 16.1. The van der Waals surface area contributed by atoms with Gasteiger partial charge in [0.15, 0.2) is 0 Å². The smallest absolute Gasteiger partial charge is 0.253 e. The summed E-state index contributed by atoms with van der Waals surface area (Å²) in [6.45, 7) is 2.87. The highest BCUT2D eigenvalue weighted by atomic mass is 35.5. The van der Waals surface area contributed by atoms with Crippen LogP contribution in [0.4, 0.5) is 11.4 Å². The standard InChI is InChI=1S/C15H20Cl2N2O3/c1-9(22-8-11-4-2-3-5-21-11)15(20)19-10-6-12(16)14(18)13(17)7-10/h6-7,9,11H,2-5,8,18H2,1H3,(H,19,20)/t9-,11-/m1/s1. The van der Waals surface area contributed by atoms with Gasteiger partial charge in [-0.1, -0.05) is 23.2 Å². The molecule has 0 aliphatic carbocycles. The van der Waals surface area contributed by atoms with Crippen LogP contribution in [0.5, 0.6) is 0 Å². The number of hydrogen-bond acceptors (Lipinski definition) is 4. The molecule has 3 N–H and O–H groups in total. The first-order valence-electron chi connectivity index (χ1n) is 7.26. The van der Waals surface area contributed by atoms with Crippen molar-refractivity contribution in [3.63, 3.8) is 0 Å². The van der Waals surface area contributed by atoms with Gasteiger partial charge >= 0.3 is 0 Å². The van der Waals surface area contributed by atoms with E-state index in [0.717, 1.165) is 25.9 Å². The number of nitrogens with one attached hydrogen (secondary N) is 1. The minimum atomic E-state index is -0.597. The van der Waals surface area contributed by atoms with Gasteiger partial charge in [-0.3, -0.25) is 4.79 Å². The first kappa shape index (κ1) is 17.3. The van der Waals surface area contributed by atoms with Crippen LogP contribution in [0, 0.1) is 0 Å². The Labute approximate surface area is 140 Å².